The number of hydrogen-bond acceptors (Lipinski definition) is 3. The number of carbonyl (C=O) groups is 2. The first kappa shape index (κ1) is 19.2. The third kappa shape index (κ3) is 5.47. The van der Waals surface area contributed by atoms with E-state index in [0.717, 1.165) is 11.1 Å². The van der Waals surface area contributed by atoms with Crippen molar-refractivity contribution in [2.75, 3.05) is 32.8 Å². The van der Waals surface area contributed by atoms with E-state index in [2.05, 4.69) is 0 Å². The van der Waals surface area contributed by atoms with Crippen LogP contribution in [0.2, 0.25) is 5.02 Å². The zero-order valence-corrected chi connectivity index (χ0v) is 16.1. The van der Waals surface area contributed by atoms with E-state index in [4.69, 9.17) is 16.3 Å². The van der Waals surface area contributed by atoms with Crippen molar-refractivity contribution in [1.29, 1.82) is 0 Å². The fraction of sp³-hybridized carbons (Fsp3) is 0.333. The first-order valence-electron chi connectivity index (χ1n) is 9.01. The van der Waals surface area contributed by atoms with Gasteiger partial charge in [-0.3, -0.25) is 9.59 Å². The van der Waals surface area contributed by atoms with Crippen LogP contribution in [0.25, 0.3) is 0 Å². The molecule has 142 valence electrons. The van der Waals surface area contributed by atoms with Crippen molar-refractivity contribution < 1.29 is 14.3 Å². The van der Waals surface area contributed by atoms with E-state index in [1.54, 1.807) is 21.9 Å². The molecule has 3 rings (SSSR count). The predicted octanol–water partition coefficient (Wildman–Crippen LogP) is 2.94. The molecule has 0 aromatic heterocycles. The van der Waals surface area contributed by atoms with Crippen LogP contribution in [0, 0.1) is 6.92 Å². The largest absolute Gasteiger partial charge is 0.484 e. The van der Waals surface area contributed by atoms with Gasteiger partial charge < -0.3 is 14.5 Å². The molecule has 0 aliphatic carbocycles. The number of hydrogen-bond donors (Lipinski definition) is 0. The molecule has 0 bridgehead atoms. The summed E-state index contributed by atoms with van der Waals surface area (Å²) in [6, 6.07) is 14.9. The fourth-order valence-electron chi connectivity index (χ4n) is 2.96. The molecule has 1 heterocycles. The lowest BCUT2D eigenvalue weighted by molar-refractivity contribution is -0.140. The highest BCUT2D eigenvalue weighted by Crippen LogP contribution is 2.13. The summed E-state index contributed by atoms with van der Waals surface area (Å²) in [5.74, 6) is 0.700. The molecular weight excluding hydrogens is 364 g/mol. The molecule has 0 atom stereocenters. The first-order chi connectivity index (χ1) is 13.0. The number of ether oxygens (including phenoxy) is 1. The van der Waals surface area contributed by atoms with Gasteiger partial charge in [-0.2, -0.15) is 0 Å². The molecule has 2 aromatic carbocycles. The number of halogens is 1. The third-order valence-electron chi connectivity index (χ3n) is 4.64. The Labute approximate surface area is 164 Å². The molecular formula is C21H23ClN2O3. The van der Waals surface area contributed by atoms with E-state index in [1.807, 2.05) is 43.3 Å². The Kier molecular flexibility index (Phi) is 6.35. The lowest BCUT2D eigenvalue weighted by atomic mass is 10.1. The van der Waals surface area contributed by atoms with Crippen LogP contribution < -0.4 is 4.74 Å². The molecule has 2 amide bonds. The maximum absolute atomic E-state index is 12.4. The summed E-state index contributed by atoms with van der Waals surface area (Å²) < 4.78 is 5.56. The van der Waals surface area contributed by atoms with E-state index in [0.29, 0.717) is 43.4 Å². The van der Waals surface area contributed by atoms with Crippen molar-refractivity contribution >= 4 is 23.4 Å². The van der Waals surface area contributed by atoms with Crippen molar-refractivity contribution in [3.05, 3.63) is 64.7 Å². The van der Waals surface area contributed by atoms with Gasteiger partial charge in [0.25, 0.3) is 5.91 Å². The van der Waals surface area contributed by atoms with E-state index in [1.165, 1.54) is 0 Å². The second-order valence-electron chi connectivity index (χ2n) is 6.67. The zero-order chi connectivity index (χ0) is 19.2. The minimum atomic E-state index is -0.0552. The average molecular weight is 387 g/mol. The van der Waals surface area contributed by atoms with E-state index in [9.17, 15) is 9.59 Å². The van der Waals surface area contributed by atoms with Crippen molar-refractivity contribution in [1.82, 2.24) is 9.80 Å². The highest BCUT2D eigenvalue weighted by atomic mass is 35.5. The highest BCUT2D eigenvalue weighted by Gasteiger charge is 2.24. The second-order valence-corrected chi connectivity index (χ2v) is 7.10. The molecule has 1 fully saturated rings. The van der Waals surface area contributed by atoms with Gasteiger partial charge in [-0.05, 0) is 36.8 Å². The standard InChI is InChI=1S/C21H23ClN2O3/c1-16-2-8-19(9-3-16)27-15-21(26)24-12-10-23(11-13-24)20(25)14-17-4-6-18(22)7-5-17/h2-9H,10-15H2,1H3. The Morgan fingerprint density at radius 1 is 0.889 bits per heavy atom. The van der Waals surface area contributed by atoms with Crippen LogP contribution in [0.5, 0.6) is 5.75 Å². The summed E-state index contributed by atoms with van der Waals surface area (Å²) in [6.07, 6.45) is 0.349. The van der Waals surface area contributed by atoms with Crippen LogP contribution >= 0.6 is 11.6 Å². The average Bonchev–Trinajstić information content (AvgIpc) is 2.69. The minimum absolute atomic E-state index is 0.0157. The molecule has 27 heavy (non-hydrogen) atoms. The van der Waals surface area contributed by atoms with E-state index < -0.39 is 0 Å². The maximum Gasteiger partial charge on any atom is 0.260 e. The monoisotopic (exact) mass is 386 g/mol. The topological polar surface area (TPSA) is 49.9 Å². The van der Waals surface area contributed by atoms with Gasteiger partial charge in [0.15, 0.2) is 6.61 Å². The van der Waals surface area contributed by atoms with Gasteiger partial charge >= 0.3 is 0 Å². The summed E-state index contributed by atoms with van der Waals surface area (Å²) in [4.78, 5) is 28.3. The van der Waals surface area contributed by atoms with Crippen molar-refractivity contribution in [2.24, 2.45) is 0 Å². The Balaban J connectivity index is 1.43. The number of amides is 2. The summed E-state index contributed by atoms with van der Waals surface area (Å²) in [6.45, 7) is 4.17. The van der Waals surface area contributed by atoms with E-state index >= 15 is 0 Å². The lowest BCUT2D eigenvalue weighted by Crippen LogP contribution is -2.52. The molecule has 0 unspecified atom stereocenters. The Hall–Kier alpha value is -2.53. The molecule has 0 N–H and O–H groups in total. The molecule has 5 nitrogen and oxygen atoms in total. The maximum atomic E-state index is 12.4. The molecule has 6 heteroatoms. The van der Waals surface area contributed by atoms with Gasteiger partial charge in [0.2, 0.25) is 5.91 Å². The van der Waals surface area contributed by atoms with Gasteiger partial charge in [0.1, 0.15) is 5.75 Å². The molecule has 0 radical (unpaired) electrons. The van der Waals surface area contributed by atoms with Gasteiger partial charge in [-0.15, -0.1) is 0 Å². The van der Waals surface area contributed by atoms with Gasteiger partial charge in [0, 0.05) is 31.2 Å². The smallest absolute Gasteiger partial charge is 0.260 e. The number of carbonyl (C=O) groups excluding carboxylic acids is 2. The lowest BCUT2D eigenvalue weighted by Gasteiger charge is -2.34. The fourth-order valence-corrected chi connectivity index (χ4v) is 3.09. The molecule has 2 aromatic rings. The van der Waals surface area contributed by atoms with Crippen molar-refractivity contribution in [2.45, 2.75) is 13.3 Å². The summed E-state index contributed by atoms with van der Waals surface area (Å²) in [5.41, 5.74) is 2.09. The molecule has 0 spiro atoms. The Bertz CT molecular complexity index is 782. The summed E-state index contributed by atoms with van der Waals surface area (Å²) in [7, 11) is 0. The number of aryl methyl sites for hydroxylation is 1. The van der Waals surface area contributed by atoms with Gasteiger partial charge in [-0.25, -0.2) is 0 Å². The summed E-state index contributed by atoms with van der Waals surface area (Å²) >= 11 is 5.87. The van der Waals surface area contributed by atoms with Crippen LogP contribution in [-0.2, 0) is 16.0 Å². The van der Waals surface area contributed by atoms with Crippen LogP contribution in [-0.4, -0.2) is 54.4 Å². The second kappa shape index (κ2) is 8.91. The van der Waals surface area contributed by atoms with Crippen LogP contribution in [0.15, 0.2) is 48.5 Å². The highest BCUT2D eigenvalue weighted by molar-refractivity contribution is 6.30. The van der Waals surface area contributed by atoms with Crippen LogP contribution in [0.4, 0.5) is 0 Å². The Morgan fingerprint density at radius 2 is 1.44 bits per heavy atom. The molecule has 1 aliphatic rings. The number of benzene rings is 2. The van der Waals surface area contributed by atoms with Crippen molar-refractivity contribution in [3.63, 3.8) is 0 Å². The SMILES string of the molecule is Cc1ccc(OCC(=O)N2CCN(C(=O)Cc3ccc(Cl)cc3)CC2)cc1. The molecule has 0 saturated carbocycles. The van der Waals surface area contributed by atoms with E-state index in [-0.39, 0.29) is 18.4 Å². The third-order valence-corrected chi connectivity index (χ3v) is 4.89. The van der Waals surface area contributed by atoms with Crippen molar-refractivity contribution in [3.8, 4) is 5.75 Å². The first-order valence-corrected chi connectivity index (χ1v) is 9.38. The quantitative estimate of drug-likeness (QED) is 0.793. The minimum Gasteiger partial charge on any atom is -0.484 e. The number of piperazine rings is 1. The number of rotatable bonds is 5. The molecule has 1 aliphatic heterocycles. The predicted molar refractivity (Wildman–Crippen MR) is 105 cm³/mol. The normalized spacial score (nSPS) is 14.1. The van der Waals surface area contributed by atoms with Crippen LogP contribution in [0.3, 0.4) is 0 Å². The summed E-state index contributed by atoms with van der Waals surface area (Å²) in [5, 5.41) is 0.659. The van der Waals surface area contributed by atoms with Gasteiger partial charge in [-0.1, -0.05) is 41.4 Å². The zero-order valence-electron chi connectivity index (χ0n) is 15.4. The molecule has 1 saturated heterocycles. The van der Waals surface area contributed by atoms with Gasteiger partial charge in [0.05, 0.1) is 6.42 Å². The van der Waals surface area contributed by atoms with Crippen LogP contribution in [0.1, 0.15) is 11.1 Å². The Morgan fingerprint density at radius 3 is 2.04 bits per heavy atom. The number of nitrogens with zero attached hydrogens (tertiary/aromatic N) is 2.